The monoisotopic (exact) mass is 441 g/mol. The number of thioether (sulfide) groups is 1. The molecule has 0 N–H and O–H groups in total. The van der Waals surface area contributed by atoms with Gasteiger partial charge in [-0.1, -0.05) is 35.6 Å². The molecular weight excluding hydrogens is 414 g/mol. The van der Waals surface area contributed by atoms with Crippen LogP contribution < -0.4 is 4.90 Å². The first-order chi connectivity index (χ1) is 14.6. The van der Waals surface area contributed by atoms with E-state index in [0.717, 1.165) is 64.2 Å². The van der Waals surface area contributed by atoms with Gasteiger partial charge in [-0.2, -0.15) is 0 Å². The van der Waals surface area contributed by atoms with Gasteiger partial charge in [0.2, 0.25) is 0 Å². The lowest BCUT2D eigenvalue weighted by Crippen LogP contribution is -2.43. The zero-order valence-corrected chi connectivity index (χ0v) is 19.3. The molecule has 5 nitrogen and oxygen atoms in total. The summed E-state index contributed by atoms with van der Waals surface area (Å²) in [7, 11) is 0. The fraction of sp³-hybridized carbons (Fsp3) is 0.391. The summed E-state index contributed by atoms with van der Waals surface area (Å²) in [6.45, 7) is 8.92. The number of fused-ring (bicyclic) bond motifs is 1. The number of hydrogen-bond acceptors (Lipinski definition) is 6. The molecule has 0 saturated carbocycles. The van der Waals surface area contributed by atoms with Gasteiger partial charge in [-0.15, -0.1) is 11.8 Å². The summed E-state index contributed by atoms with van der Waals surface area (Å²) in [5.41, 5.74) is 4.07. The van der Waals surface area contributed by atoms with Crippen LogP contribution >= 0.6 is 23.1 Å². The van der Waals surface area contributed by atoms with Crippen molar-refractivity contribution in [1.29, 1.82) is 0 Å². The summed E-state index contributed by atoms with van der Waals surface area (Å²) in [5.74, 6) is 0.0163. The summed E-state index contributed by atoms with van der Waals surface area (Å²) < 4.78 is 6.63. The molecule has 0 spiro atoms. The number of amides is 1. The van der Waals surface area contributed by atoms with Crippen molar-refractivity contribution >= 4 is 44.4 Å². The minimum atomic E-state index is 0.0163. The lowest BCUT2D eigenvalue weighted by atomic mass is 10.1. The molecule has 0 aliphatic carbocycles. The smallest absolute Gasteiger partial charge is 0.261 e. The highest BCUT2D eigenvalue weighted by atomic mass is 32.2. The first kappa shape index (κ1) is 21.3. The Bertz CT molecular complexity index is 1010. The van der Waals surface area contributed by atoms with Crippen LogP contribution in [0, 0.1) is 13.8 Å². The summed E-state index contributed by atoms with van der Waals surface area (Å²) in [4.78, 5) is 23.8. The molecule has 158 valence electrons. The van der Waals surface area contributed by atoms with Crippen LogP contribution in [0.25, 0.3) is 10.2 Å². The third-order valence-electron chi connectivity index (χ3n) is 5.49. The fourth-order valence-electron chi connectivity index (χ4n) is 3.68. The average Bonchev–Trinajstić information content (AvgIpc) is 3.23. The number of nitrogens with zero attached hydrogens (tertiary/aromatic N) is 3. The maximum absolute atomic E-state index is 13.7. The van der Waals surface area contributed by atoms with E-state index in [1.165, 1.54) is 5.56 Å². The number of benzene rings is 2. The molecule has 1 saturated heterocycles. The number of anilines is 1. The van der Waals surface area contributed by atoms with Gasteiger partial charge in [0, 0.05) is 31.1 Å². The predicted octanol–water partition coefficient (Wildman–Crippen LogP) is 4.61. The van der Waals surface area contributed by atoms with Crippen LogP contribution in [0.1, 0.15) is 21.5 Å². The fourth-order valence-corrected chi connectivity index (χ4v) is 5.41. The SMILES string of the molecule is CSc1ccccc1C(=O)N(CCN1CCOCC1)c1nc2c(C)ccc(C)c2s1. The Morgan fingerprint density at radius 2 is 1.90 bits per heavy atom. The molecule has 30 heavy (non-hydrogen) atoms. The summed E-state index contributed by atoms with van der Waals surface area (Å²) in [6, 6.07) is 12.1. The summed E-state index contributed by atoms with van der Waals surface area (Å²) >= 11 is 3.21. The number of aryl methyl sites for hydroxylation is 2. The molecule has 0 atom stereocenters. The highest BCUT2D eigenvalue weighted by Crippen LogP contribution is 2.34. The average molecular weight is 442 g/mol. The van der Waals surface area contributed by atoms with Gasteiger partial charge in [0.25, 0.3) is 5.91 Å². The number of carbonyl (C=O) groups excluding carboxylic acids is 1. The molecule has 2 aromatic carbocycles. The number of aromatic nitrogens is 1. The van der Waals surface area contributed by atoms with Crippen molar-refractivity contribution in [1.82, 2.24) is 9.88 Å². The van der Waals surface area contributed by atoms with Crippen LogP contribution in [-0.4, -0.2) is 61.4 Å². The maximum Gasteiger partial charge on any atom is 0.261 e. The summed E-state index contributed by atoms with van der Waals surface area (Å²) in [5, 5.41) is 0.775. The minimum Gasteiger partial charge on any atom is -0.379 e. The second kappa shape index (κ2) is 9.47. The summed E-state index contributed by atoms with van der Waals surface area (Å²) in [6.07, 6.45) is 2.01. The molecule has 0 radical (unpaired) electrons. The predicted molar refractivity (Wildman–Crippen MR) is 126 cm³/mol. The Labute approximate surface area is 186 Å². The quantitative estimate of drug-likeness (QED) is 0.523. The van der Waals surface area contributed by atoms with Crippen molar-refractivity contribution in [2.75, 3.05) is 50.5 Å². The van der Waals surface area contributed by atoms with Crippen molar-refractivity contribution in [2.24, 2.45) is 0 Å². The van der Waals surface area contributed by atoms with Gasteiger partial charge in [0.1, 0.15) is 0 Å². The second-order valence-corrected chi connectivity index (χ2v) is 9.31. The van der Waals surface area contributed by atoms with Crippen molar-refractivity contribution in [3.05, 3.63) is 53.1 Å². The van der Waals surface area contributed by atoms with Crippen LogP contribution in [0.3, 0.4) is 0 Å². The van der Waals surface area contributed by atoms with Crippen LogP contribution in [0.4, 0.5) is 5.13 Å². The van der Waals surface area contributed by atoms with Crippen molar-refractivity contribution < 1.29 is 9.53 Å². The number of ether oxygens (including phenoxy) is 1. The van der Waals surface area contributed by atoms with E-state index < -0.39 is 0 Å². The number of rotatable bonds is 6. The lowest BCUT2D eigenvalue weighted by molar-refractivity contribution is 0.0391. The molecule has 0 unspecified atom stereocenters. The highest BCUT2D eigenvalue weighted by Gasteiger charge is 2.25. The van der Waals surface area contributed by atoms with Gasteiger partial charge >= 0.3 is 0 Å². The van der Waals surface area contributed by atoms with E-state index in [4.69, 9.17) is 9.72 Å². The van der Waals surface area contributed by atoms with Gasteiger partial charge < -0.3 is 4.74 Å². The third-order valence-corrected chi connectivity index (χ3v) is 7.50. The molecule has 4 rings (SSSR count). The minimum absolute atomic E-state index is 0.0163. The van der Waals surface area contributed by atoms with E-state index in [0.29, 0.717) is 6.54 Å². The largest absolute Gasteiger partial charge is 0.379 e. The molecule has 7 heteroatoms. The van der Waals surface area contributed by atoms with Gasteiger partial charge in [0.15, 0.2) is 5.13 Å². The Morgan fingerprint density at radius 1 is 1.17 bits per heavy atom. The van der Waals surface area contributed by atoms with Crippen molar-refractivity contribution in [3.63, 3.8) is 0 Å². The first-order valence-electron chi connectivity index (χ1n) is 10.2. The van der Waals surface area contributed by atoms with E-state index in [2.05, 4.69) is 30.9 Å². The zero-order chi connectivity index (χ0) is 21.1. The molecule has 1 aliphatic heterocycles. The third kappa shape index (κ3) is 4.39. The van der Waals surface area contributed by atoms with E-state index >= 15 is 0 Å². The molecule has 1 aliphatic rings. The van der Waals surface area contributed by atoms with E-state index in [-0.39, 0.29) is 5.91 Å². The van der Waals surface area contributed by atoms with Gasteiger partial charge in [-0.3, -0.25) is 14.6 Å². The van der Waals surface area contributed by atoms with Gasteiger partial charge in [-0.25, -0.2) is 4.98 Å². The first-order valence-corrected chi connectivity index (χ1v) is 12.2. The molecule has 1 aromatic heterocycles. The Morgan fingerprint density at radius 3 is 2.63 bits per heavy atom. The lowest BCUT2D eigenvalue weighted by Gasteiger charge is -2.29. The van der Waals surface area contributed by atoms with Gasteiger partial charge in [0.05, 0.1) is 29.0 Å². The Balaban J connectivity index is 1.70. The molecule has 3 aromatic rings. The van der Waals surface area contributed by atoms with Crippen molar-refractivity contribution in [2.45, 2.75) is 18.7 Å². The topological polar surface area (TPSA) is 45.7 Å². The van der Waals surface area contributed by atoms with Crippen LogP contribution in [0.15, 0.2) is 41.3 Å². The van der Waals surface area contributed by atoms with Crippen LogP contribution in [0.5, 0.6) is 0 Å². The highest BCUT2D eigenvalue weighted by molar-refractivity contribution is 7.98. The molecule has 1 amide bonds. The molecular formula is C23H27N3O2S2. The standard InChI is InChI=1S/C23H27N3O2S2/c1-16-8-9-17(2)21-20(16)24-23(30-21)26(11-10-25-12-14-28-15-13-25)22(27)18-6-4-5-7-19(18)29-3/h4-9H,10-15H2,1-3H3. The second-order valence-electron chi connectivity index (χ2n) is 7.48. The van der Waals surface area contributed by atoms with Crippen molar-refractivity contribution in [3.8, 4) is 0 Å². The maximum atomic E-state index is 13.7. The van der Waals surface area contributed by atoms with Crippen LogP contribution in [-0.2, 0) is 4.74 Å². The van der Waals surface area contributed by atoms with E-state index in [1.54, 1.807) is 23.1 Å². The number of hydrogen-bond donors (Lipinski definition) is 0. The normalized spacial score (nSPS) is 14.9. The molecule has 0 bridgehead atoms. The Kier molecular flexibility index (Phi) is 6.73. The van der Waals surface area contributed by atoms with Gasteiger partial charge in [-0.05, 0) is 43.4 Å². The number of morpholine rings is 1. The number of carbonyl (C=O) groups is 1. The van der Waals surface area contributed by atoms with Crippen LogP contribution in [0.2, 0.25) is 0 Å². The number of thiazole rings is 1. The zero-order valence-electron chi connectivity index (χ0n) is 17.7. The van der Waals surface area contributed by atoms with E-state index in [1.807, 2.05) is 35.4 Å². The Hall–Kier alpha value is -1.93. The molecule has 1 fully saturated rings. The molecule has 2 heterocycles. The van der Waals surface area contributed by atoms with E-state index in [9.17, 15) is 4.79 Å².